The molecular formula is C10H19N5S. The van der Waals surface area contributed by atoms with Crippen LogP contribution < -0.4 is 10.6 Å². The van der Waals surface area contributed by atoms with E-state index in [-0.39, 0.29) is 0 Å². The van der Waals surface area contributed by atoms with E-state index in [4.69, 9.17) is 5.73 Å². The average molecular weight is 241 g/mol. The van der Waals surface area contributed by atoms with Gasteiger partial charge in [0.1, 0.15) is 6.33 Å². The molecule has 1 saturated heterocycles. The molecule has 0 saturated carbocycles. The van der Waals surface area contributed by atoms with Crippen molar-refractivity contribution in [3.8, 4) is 0 Å². The van der Waals surface area contributed by atoms with Crippen LogP contribution in [0.1, 0.15) is 6.92 Å². The Morgan fingerprint density at radius 1 is 1.44 bits per heavy atom. The summed E-state index contributed by atoms with van der Waals surface area (Å²) in [5.74, 6) is 0.591. The lowest BCUT2D eigenvalue weighted by molar-refractivity contribution is 0.227. The first kappa shape index (κ1) is 11.8. The topological polar surface area (TPSA) is 58.3 Å². The maximum Gasteiger partial charge on any atom is 0.205 e. The van der Waals surface area contributed by atoms with Gasteiger partial charge < -0.3 is 10.6 Å². The van der Waals surface area contributed by atoms with Crippen molar-refractivity contribution in [3.05, 3.63) is 6.33 Å². The second kappa shape index (κ2) is 5.56. The first-order chi connectivity index (χ1) is 7.79. The Morgan fingerprint density at radius 3 is 2.75 bits per heavy atom. The van der Waals surface area contributed by atoms with E-state index in [1.807, 2.05) is 0 Å². The quantitative estimate of drug-likeness (QED) is 0.819. The van der Waals surface area contributed by atoms with Gasteiger partial charge in [0.2, 0.25) is 5.13 Å². The van der Waals surface area contributed by atoms with Gasteiger partial charge in [-0.1, -0.05) is 6.92 Å². The maximum atomic E-state index is 5.64. The molecule has 16 heavy (non-hydrogen) atoms. The normalized spacial score (nSPS) is 20.0. The van der Waals surface area contributed by atoms with Crippen molar-refractivity contribution in [2.75, 3.05) is 44.2 Å². The molecule has 0 amide bonds. The van der Waals surface area contributed by atoms with Crippen LogP contribution in [0.5, 0.6) is 0 Å². The minimum Gasteiger partial charge on any atom is -0.344 e. The Morgan fingerprint density at radius 2 is 2.19 bits per heavy atom. The van der Waals surface area contributed by atoms with Crippen molar-refractivity contribution >= 4 is 16.7 Å². The Balaban J connectivity index is 1.78. The van der Waals surface area contributed by atoms with Crippen LogP contribution in [0.3, 0.4) is 0 Å². The molecule has 0 bridgehead atoms. The largest absolute Gasteiger partial charge is 0.344 e. The molecule has 90 valence electrons. The van der Waals surface area contributed by atoms with Crippen LogP contribution in [0.15, 0.2) is 6.33 Å². The van der Waals surface area contributed by atoms with Crippen LogP contribution in [-0.2, 0) is 0 Å². The highest BCUT2D eigenvalue weighted by molar-refractivity contribution is 7.09. The fourth-order valence-electron chi connectivity index (χ4n) is 1.94. The summed E-state index contributed by atoms with van der Waals surface area (Å²) in [6, 6.07) is 0. The Kier molecular flexibility index (Phi) is 4.09. The molecule has 1 aliphatic rings. The predicted molar refractivity (Wildman–Crippen MR) is 66.8 cm³/mol. The highest BCUT2D eigenvalue weighted by Gasteiger charge is 2.19. The zero-order valence-electron chi connectivity index (χ0n) is 9.67. The average Bonchev–Trinajstić information content (AvgIpc) is 2.83. The summed E-state index contributed by atoms with van der Waals surface area (Å²) in [5, 5.41) is 1.05. The van der Waals surface area contributed by atoms with Crippen LogP contribution >= 0.6 is 11.5 Å². The Labute approximate surface area is 100 Å². The van der Waals surface area contributed by atoms with Gasteiger partial charge in [0.15, 0.2) is 0 Å². The van der Waals surface area contributed by atoms with Gasteiger partial charge in [-0.3, -0.25) is 4.90 Å². The summed E-state index contributed by atoms with van der Waals surface area (Å²) in [6.45, 7) is 8.39. The van der Waals surface area contributed by atoms with E-state index in [0.29, 0.717) is 5.92 Å². The molecule has 1 fully saturated rings. The standard InChI is InChI=1S/C10H19N5S/c1-9(6-11)7-14-2-4-15(5-3-14)10-12-8-13-16-10/h8-9H,2-7,11H2,1H3. The van der Waals surface area contributed by atoms with Crippen molar-refractivity contribution in [1.29, 1.82) is 0 Å². The molecule has 6 heteroatoms. The van der Waals surface area contributed by atoms with Gasteiger partial charge in [-0.15, -0.1) is 0 Å². The summed E-state index contributed by atoms with van der Waals surface area (Å²) in [5.41, 5.74) is 5.64. The highest BCUT2D eigenvalue weighted by atomic mass is 32.1. The first-order valence-corrected chi connectivity index (χ1v) is 6.51. The molecule has 0 spiro atoms. The van der Waals surface area contributed by atoms with E-state index in [0.717, 1.165) is 44.4 Å². The lowest BCUT2D eigenvalue weighted by Gasteiger charge is -2.35. The predicted octanol–water partition coefficient (Wildman–Crippen LogP) is 0.255. The fourth-order valence-corrected chi connectivity index (χ4v) is 2.52. The lowest BCUT2D eigenvalue weighted by atomic mass is 10.1. The molecule has 0 radical (unpaired) electrons. The molecule has 2 heterocycles. The van der Waals surface area contributed by atoms with Crippen molar-refractivity contribution in [2.24, 2.45) is 11.7 Å². The van der Waals surface area contributed by atoms with Gasteiger partial charge in [-0.25, -0.2) is 4.98 Å². The van der Waals surface area contributed by atoms with Gasteiger partial charge in [0.25, 0.3) is 0 Å². The molecule has 2 rings (SSSR count). The molecule has 5 nitrogen and oxygen atoms in total. The summed E-state index contributed by atoms with van der Waals surface area (Å²) in [6.07, 6.45) is 1.63. The van der Waals surface area contributed by atoms with E-state index < -0.39 is 0 Å². The van der Waals surface area contributed by atoms with Crippen molar-refractivity contribution < 1.29 is 0 Å². The number of rotatable bonds is 4. The van der Waals surface area contributed by atoms with Gasteiger partial charge >= 0.3 is 0 Å². The number of hydrogen-bond donors (Lipinski definition) is 1. The van der Waals surface area contributed by atoms with E-state index in [1.165, 1.54) is 11.5 Å². The smallest absolute Gasteiger partial charge is 0.205 e. The van der Waals surface area contributed by atoms with E-state index in [9.17, 15) is 0 Å². The second-order valence-corrected chi connectivity index (χ2v) is 5.11. The fraction of sp³-hybridized carbons (Fsp3) is 0.800. The molecule has 0 aromatic carbocycles. The van der Waals surface area contributed by atoms with Crippen molar-refractivity contribution in [1.82, 2.24) is 14.3 Å². The summed E-state index contributed by atoms with van der Waals surface area (Å²) < 4.78 is 4.04. The van der Waals surface area contributed by atoms with Crippen molar-refractivity contribution in [3.63, 3.8) is 0 Å². The minimum absolute atomic E-state index is 0.591. The number of aromatic nitrogens is 2. The summed E-state index contributed by atoms with van der Waals surface area (Å²) in [7, 11) is 0. The molecule has 1 atom stereocenters. The van der Waals surface area contributed by atoms with E-state index >= 15 is 0 Å². The third-order valence-electron chi connectivity index (χ3n) is 2.96. The molecule has 1 aromatic heterocycles. The number of piperazine rings is 1. The van der Waals surface area contributed by atoms with Gasteiger partial charge in [0.05, 0.1) is 0 Å². The van der Waals surface area contributed by atoms with Gasteiger partial charge in [0, 0.05) is 44.3 Å². The van der Waals surface area contributed by atoms with Gasteiger partial charge in [-0.05, 0) is 12.5 Å². The van der Waals surface area contributed by atoms with Crippen LogP contribution in [0.25, 0.3) is 0 Å². The molecule has 0 aliphatic carbocycles. The van der Waals surface area contributed by atoms with Gasteiger partial charge in [-0.2, -0.15) is 4.37 Å². The Bertz CT molecular complexity index is 294. The first-order valence-electron chi connectivity index (χ1n) is 5.73. The third kappa shape index (κ3) is 2.90. The van der Waals surface area contributed by atoms with E-state index in [1.54, 1.807) is 6.33 Å². The highest BCUT2D eigenvalue weighted by Crippen LogP contribution is 2.16. The Hall–Kier alpha value is -0.720. The third-order valence-corrected chi connectivity index (χ3v) is 3.69. The second-order valence-electron chi connectivity index (χ2n) is 4.35. The minimum atomic E-state index is 0.591. The number of anilines is 1. The molecule has 1 aliphatic heterocycles. The number of hydrogen-bond acceptors (Lipinski definition) is 6. The summed E-state index contributed by atoms with van der Waals surface area (Å²) >= 11 is 1.48. The van der Waals surface area contributed by atoms with E-state index in [2.05, 4.69) is 26.1 Å². The maximum absolute atomic E-state index is 5.64. The molecule has 1 unspecified atom stereocenters. The SMILES string of the molecule is CC(CN)CN1CCN(c2ncns2)CC1. The zero-order chi connectivity index (χ0) is 11.4. The lowest BCUT2D eigenvalue weighted by Crippen LogP contribution is -2.48. The van der Waals surface area contributed by atoms with Crippen LogP contribution in [0, 0.1) is 5.92 Å². The molecular weight excluding hydrogens is 222 g/mol. The monoisotopic (exact) mass is 241 g/mol. The summed E-state index contributed by atoms with van der Waals surface area (Å²) in [4.78, 5) is 9.02. The number of nitrogens with two attached hydrogens (primary N) is 1. The van der Waals surface area contributed by atoms with Crippen LogP contribution in [-0.4, -0.2) is 53.5 Å². The molecule has 1 aromatic rings. The van der Waals surface area contributed by atoms with Crippen LogP contribution in [0.2, 0.25) is 0 Å². The van der Waals surface area contributed by atoms with Crippen molar-refractivity contribution in [2.45, 2.75) is 6.92 Å². The van der Waals surface area contributed by atoms with Crippen LogP contribution in [0.4, 0.5) is 5.13 Å². The zero-order valence-corrected chi connectivity index (χ0v) is 10.5. The number of nitrogens with zero attached hydrogens (tertiary/aromatic N) is 4. The molecule has 2 N–H and O–H groups in total.